The first kappa shape index (κ1) is 9.25. The van der Waals surface area contributed by atoms with Crippen LogP contribution in [0.1, 0.15) is 42.9 Å². The van der Waals surface area contributed by atoms with Crippen LogP contribution in [0, 0.1) is 18.8 Å². The van der Waals surface area contributed by atoms with Gasteiger partial charge in [-0.2, -0.15) is 5.10 Å². The molecule has 1 aromatic heterocycles. The Morgan fingerprint density at radius 1 is 1.27 bits per heavy atom. The summed E-state index contributed by atoms with van der Waals surface area (Å²) in [4.78, 5) is 0. The van der Waals surface area contributed by atoms with Gasteiger partial charge in [-0.3, -0.25) is 4.68 Å². The van der Waals surface area contributed by atoms with Gasteiger partial charge in [-0.05, 0) is 31.6 Å². The van der Waals surface area contributed by atoms with Crippen molar-refractivity contribution in [2.24, 2.45) is 18.9 Å². The molecule has 0 aromatic carbocycles. The summed E-state index contributed by atoms with van der Waals surface area (Å²) in [5.41, 5.74) is 8.46. The summed E-state index contributed by atoms with van der Waals surface area (Å²) in [6.07, 6.45) is 5.65. The minimum Gasteiger partial charge on any atom is -0.384 e. The zero-order chi connectivity index (χ0) is 10.6. The summed E-state index contributed by atoms with van der Waals surface area (Å²) in [6.45, 7) is 2.11. The number of aromatic nitrogens is 2. The lowest BCUT2D eigenvalue weighted by atomic mass is 10.0. The minimum absolute atomic E-state index is 0.732. The van der Waals surface area contributed by atoms with E-state index in [9.17, 15) is 0 Å². The van der Waals surface area contributed by atoms with Crippen molar-refractivity contribution in [1.82, 2.24) is 9.78 Å². The van der Waals surface area contributed by atoms with Crippen LogP contribution in [-0.4, -0.2) is 9.78 Å². The van der Waals surface area contributed by atoms with Crippen molar-refractivity contribution < 1.29 is 0 Å². The lowest BCUT2D eigenvalue weighted by Gasteiger charge is -2.04. The molecule has 2 aliphatic carbocycles. The Labute approximate surface area is 90.7 Å². The molecule has 3 rings (SSSR count). The maximum Gasteiger partial charge on any atom is 0.124 e. The van der Waals surface area contributed by atoms with Gasteiger partial charge in [0.1, 0.15) is 5.82 Å². The SMILES string of the molecule is Cc1c(C2C3CCCCC32)nn(C)c1N. The van der Waals surface area contributed by atoms with E-state index in [-0.39, 0.29) is 0 Å². The summed E-state index contributed by atoms with van der Waals surface area (Å²) in [6, 6.07) is 0. The minimum atomic E-state index is 0.732. The van der Waals surface area contributed by atoms with E-state index in [4.69, 9.17) is 5.73 Å². The largest absolute Gasteiger partial charge is 0.384 e. The number of hydrogen-bond acceptors (Lipinski definition) is 2. The fraction of sp³-hybridized carbons (Fsp3) is 0.750. The van der Waals surface area contributed by atoms with E-state index in [0.29, 0.717) is 0 Å². The zero-order valence-corrected chi connectivity index (χ0v) is 9.53. The molecule has 2 fully saturated rings. The first-order valence-electron chi connectivity index (χ1n) is 5.99. The van der Waals surface area contributed by atoms with E-state index in [1.165, 1.54) is 36.9 Å². The predicted octanol–water partition coefficient (Wildman–Crippen LogP) is 2.21. The standard InChI is InChI=1S/C12H19N3/c1-7-11(14-15(2)12(7)13)10-8-5-3-4-6-9(8)10/h8-10H,3-6,13H2,1-2H3. The van der Waals surface area contributed by atoms with Crippen molar-refractivity contribution in [3.05, 3.63) is 11.3 Å². The average Bonchev–Trinajstić information content (AvgIpc) is 2.92. The Hall–Kier alpha value is -0.990. The van der Waals surface area contributed by atoms with Crippen LogP contribution in [0.2, 0.25) is 0 Å². The van der Waals surface area contributed by atoms with Crippen molar-refractivity contribution >= 4 is 5.82 Å². The van der Waals surface area contributed by atoms with Gasteiger partial charge in [-0.1, -0.05) is 12.8 Å². The second-order valence-electron chi connectivity index (χ2n) is 5.16. The van der Waals surface area contributed by atoms with Gasteiger partial charge < -0.3 is 5.73 Å². The second-order valence-corrected chi connectivity index (χ2v) is 5.16. The maximum absolute atomic E-state index is 5.96. The molecule has 0 aliphatic heterocycles. The maximum atomic E-state index is 5.96. The molecule has 0 saturated heterocycles. The highest BCUT2D eigenvalue weighted by Gasteiger charge is 2.53. The number of nitrogens with zero attached hydrogens (tertiary/aromatic N) is 2. The molecule has 82 valence electrons. The van der Waals surface area contributed by atoms with E-state index in [0.717, 1.165) is 23.6 Å². The molecule has 0 bridgehead atoms. The third kappa shape index (κ3) is 1.22. The third-order valence-corrected chi connectivity index (χ3v) is 4.35. The van der Waals surface area contributed by atoms with Gasteiger partial charge in [0.15, 0.2) is 0 Å². The molecular weight excluding hydrogens is 186 g/mol. The number of aryl methyl sites for hydroxylation is 1. The van der Waals surface area contributed by atoms with Crippen LogP contribution < -0.4 is 5.73 Å². The number of hydrogen-bond donors (Lipinski definition) is 1. The molecule has 2 unspecified atom stereocenters. The van der Waals surface area contributed by atoms with Crippen molar-refractivity contribution in [2.75, 3.05) is 5.73 Å². The van der Waals surface area contributed by atoms with E-state index >= 15 is 0 Å². The van der Waals surface area contributed by atoms with Crippen molar-refractivity contribution in [2.45, 2.75) is 38.5 Å². The third-order valence-electron chi connectivity index (χ3n) is 4.35. The first-order valence-corrected chi connectivity index (χ1v) is 5.99. The highest BCUT2D eigenvalue weighted by atomic mass is 15.3. The number of anilines is 1. The molecule has 1 heterocycles. The van der Waals surface area contributed by atoms with Crippen LogP contribution in [-0.2, 0) is 7.05 Å². The van der Waals surface area contributed by atoms with Crippen LogP contribution in [0.5, 0.6) is 0 Å². The van der Waals surface area contributed by atoms with Crippen molar-refractivity contribution in [3.63, 3.8) is 0 Å². The van der Waals surface area contributed by atoms with Gasteiger partial charge >= 0.3 is 0 Å². The first-order chi connectivity index (χ1) is 7.20. The average molecular weight is 205 g/mol. The Bertz CT molecular complexity index is 382. The number of nitrogen functional groups attached to an aromatic ring is 1. The number of nitrogens with two attached hydrogens (primary N) is 1. The molecule has 0 radical (unpaired) electrons. The molecule has 2 N–H and O–H groups in total. The fourth-order valence-electron chi connectivity index (χ4n) is 3.38. The molecule has 3 heteroatoms. The molecule has 2 atom stereocenters. The molecule has 2 saturated carbocycles. The molecular formula is C12H19N3. The summed E-state index contributed by atoms with van der Waals surface area (Å²) in [5, 5.41) is 4.59. The van der Waals surface area contributed by atoms with Crippen LogP contribution in [0.15, 0.2) is 0 Å². The predicted molar refractivity (Wildman–Crippen MR) is 60.5 cm³/mol. The van der Waals surface area contributed by atoms with Gasteiger partial charge in [0.2, 0.25) is 0 Å². The molecule has 0 spiro atoms. The Balaban J connectivity index is 1.91. The Morgan fingerprint density at radius 2 is 1.87 bits per heavy atom. The Kier molecular flexibility index (Phi) is 1.85. The normalized spacial score (nSPS) is 33.9. The highest BCUT2D eigenvalue weighted by Crippen LogP contribution is 2.61. The smallest absolute Gasteiger partial charge is 0.124 e. The molecule has 3 nitrogen and oxygen atoms in total. The molecule has 2 aliphatic rings. The fourth-order valence-corrected chi connectivity index (χ4v) is 3.38. The van der Waals surface area contributed by atoms with E-state index < -0.39 is 0 Å². The lowest BCUT2D eigenvalue weighted by Crippen LogP contribution is -1.97. The lowest BCUT2D eigenvalue weighted by molar-refractivity contribution is 0.480. The van der Waals surface area contributed by atoms with Crippen molar-refractivity contribution in [1.29, 1.82) is 0 Å². The van der Waals surface area contributed by atoms with E-state index in [2.05, 4.69) is 12.0 Å². The molecule has 0 amide bonds. The highest BCUT2D eigenvalue weighted by molar-refractivity contribution is 5.45. The van der Waals surface area contributed by atoms with Crippen LogP contribution in [0.25, 0.3) is 0 Å². The summed E-state index contributed by atoms with van der Waals surface area (Å²) in [7, 11) is 1.94. The molecule has 1 aromatic rings. The summed E-state index contributed by atoms with van der Waals surface area (Å²) >= 11 is 0. The topological polar surface area (TPSA) is 43.8 Å². The zero-order valence-electron chi connectivity index (χ0n) is 9.53. The van der Waals surface area contributed by atoms with Gasteiger partial charge in [0, 0.05) is 18.5 Å². The van der Waals surface area contributed by atoms with Crippen LogP contribution in [0.3, 0.4) is 0 Å². The van der Waals surface area contributed by atoms with Gasteiger partial charge in [0.05, 0.1) is 5.69 Å². The summed E-state index contributed by atoms with van der Waals surface area (Å²) < 4.78 is 1.83. The number of rotatable bonds is 1. The summed E-state index contributed by atoms with van der Waals surface area (Å²) in [5.74, 6) is 3.42. The number of fused-ring (bicyclic) bond motifs is 1. The van der Waals surface area contributed by atoms with Crippen LogP contribution >= 0.6 is 0 Å². The van der Waals surface area contributed by atoms with E-state index in [1.54, 1.807) is 0 Å². The van der Waals surface area contributed by atoms with Crippen LogP contribution in [0.4, 0.5) is 5.82 Å². The van der Waals surface area contributed by atoms with Gasteiger partial charge in [0.25, 0.3) is 0 Å². The second kappa shape index (κ2) is 3.00. The Morgan fingerprint density at radius 3 is 2.33 bits per heavy atom. The monoisotopic (exact) mass is 205 g/mol. The van der Waals surface area contributed by atoms with Crippen molar-refractivity contribution in [3.8, 4) is 0 Å². The van der Waals surface area contributed by atoms with E-state index in [1.807, 2.05) is 11.7 Å². The van der Waals surface area contributed by atoms with Gasteiger partial charge in [-0.25, -0.2) is 0 Å². The quantitative estimate of drug-likeness (QED) is 0.764. The molecule has 15 heavy (non-hydrogen) atoms. The van der Waals surface area contributed by atoms with Gasteiger partial charge in [-0.15, -0.1) is 0 Å².